The number of rotatable bonds is 2. The van der Waals surface area contributed by atoms with Crippen molar-refractivity contribution < 1.29 is 9.59 Å². The maximum absolute atomic E-state index is 12.7. The molecule has 3 rings (SSSR count). The van der Waals surface area contributed by atoms with E-state index in [2.05, 4.69) is 5.32 Å². The lowest BCUT2D eigenvalue weighted by atomic mass is 10.0. The molecule has 1 aromatic rings. The van der Waals surface area contributed by atoms with E-state index in [0.29, 0.717) is 24.5 Å². The van der Waals surface area contributed by atoms with E-state index >= 15 is 0 Å². The van der Waals surface area contributed by atoms with Gasteiger partial charge in [-0.2, -0.15) is 0 Å². The summed E-state index contributed by atoms with van der Waals surface area (Å²) in [6.45, 7) is 4.81. The molecule has 2 amide bonds. The number of benzene rings is 1. The Morgan fingerprint density at radius 1 is 1.36 bits per heavy atom. The first-order valence-corrected chi connectivity index (χ1v) is 8.04. The monoisotopic (exact) mass is 321 g/mol. The first kappa shape index (κ1) is 15.3. The Morgan fingerprint density at radius 2 is 2.18 bits per heavy atom. The SMILES string of the molecule is C[C@@H]1CNCCN1C(=O)C1CCN(c2cccc(Cl)c2)C1=O. The molecule has 0 radical (unpaired) electrons. The number of halogens is 1. The normalized spacial score (nSPS) is 25.6. The molecule has 0 aromatic heterocycles. The lowest BCUT2D eigenvalue weighted by Gasteiger charge is -2.35. The van der Waals surface area contributed by atoms with Gasteiger partial charge in [-0.1, -0.05) is 17.7 Å². The topological polar surface area (TPSA) is 52.7 Å². The zero-order valence-corrected chi connectivity index (χ0v) is 13.3. The van der Waals surface area contributed by atoms with Gasteiger partial charge in [-0.3, -0.25) is 9.59 Å². The maximum atomic E-state index is 12.7. The fourth-order valence-corrected chi connectivity index (χ4v) is 3.36. The van der Waals surface area contributed by atoms with Gasteiger partial charge in [0.2, 0.25) is 11.8 Å². The predicted molar refractivity (Wildman–Crippen MR) is 86.0 cm³/mol. The zero-order valence-electron chi connectivity index (χ0n) is 12.6. The van der Waals surface area contributed by atoms with Crippen molar-refractivity contribution in [2.24, 2.45) is 5.92 Å². The zero-order chi connectivity index (χ0) is 15.7. The van der Waals surface area contributed by atoms with E-state index in [0.717, 1.165) is 18.8 Å². The van der Waals surface area contributed by atoms with E-state index in [9.17, 15) is 9.59 Å². The highest BCUT2D eigenvalue weighted by Gasteiger charge is 2.41. The van der Waals surface area contributed by atoms with Crippen LogP contribution >= 0.6 is 11.6 Å². The van der Waals surface area contributed by atoms with E-state index in [4.69, 9.17) is 11.6 Å². The summed E-state index contributed by atoms with van der Waals surface area (Å²) in [5.41, 5.74) is 0.765. The molecule has 2 atom stereocenters. The average Bonchev–Trinajstić information content (AvgIpc) is 2.89. The Bertz CT molecular complexity index is 593. The van der Waals surface area contributed by atoms with Crippen molar-refractivity contribution in [1.82, 2.24) is 10.2 Å². The molecule has 118 valence electrons. The first-order chi connectivity index (χ1) is 10.6. The van der Waals surface area contributed by atoms with Gasteiger partial charge in [-0.15, -0.1) is 0 Å². The molecule has 1 aromatic carbocycles. The van der Waals surface area contributed by atoms with E-state index in [1.54, 1.807) is 17.0 Å². The van der Waals surface area contributed by atoms with Crippen LogP contribution in [0.15, 0.2) is 24.3 Å². The maximum Gasteiger partial charge on any atom is 0.239 e. The molecule has 1 unspecified atom stereocenters. The summed E-state index contributed by atoms with van der Waals surface area (Å²) >= 11 is 5.99. The van der Waals surface area contributed by atoms with Crippen molar-refractivity contribution >= 4 is 29.1 Å². The molecule has 2 fully saturated rings. The molecular weight excluding hydrogens is 302 g/mol. The minimum absolute atomic E-state index is 0.0384. The molecule has 0 aliphatic carbocycles. The van der Waals surface area contributed by atoms with Gasteiger partial charge in [0.05, 0.1) is 0 Å². The fraction of sp³-hybridized carbons (Fsp3) is 0.500. The second-order valence-corrected chi connectivity index (χ2v) is 6.33. The molecule has 2 heterocycles. The van der Waals surface area contributed by atoms with Gasteiger partial charge in [0.25, 0.3) is 0 Å². The number of hydrogen-bond acceptors (Lipinski definition) is 3. The molecule has 2 aliphatic heterocycles. The summed E-state index contributed by atoms with van der Waals surface area (Å²) in [5, 5.41) is 3.85. The van der Waals surface area contributed by atoms with Crippen LogP contribution in [0.25, 0.3) is 0 Å². The van der Waals surface area contributed by atoms with Gasteiger partial charge in [-0.05, 0) is 31.5 Å². The van der Waals surface area contributed by atoms with Crippen LogP contribution in [0.1, 0.15) is 13.3 Å². The smallest absolute Gasteiger partial charge is 0.239 e. The third-order valence-electron chi connectivity index (χ3n) is 4.41. The summed E-state index contributed by atoms with van der Waals surface area (Å²) in [5.74, 6) is -0.707. The van der Waals surface area contributed by atoms with Gasteiger partial charge in [0.15, 0.2) is 0 Å². The Kier molecular flexibility index (Phi) is 4.36. The predicted octanol–water partition coefficient (Wildman–Crippen LogP) is 1.51. The summed E-state index contributed by atoms with van der Waals surface area (Å²) in [6.07, 6.45) is 0.570. The number of nitrogens with one attached hydrogen (secondary N) is 1. The van der Waals surface area contributed by atoms with E-state index in [-0.39, 0.29) is 17.9 Å². The van der Waals surface area contributed by atoms with E-state index in [1.807, 2.05) is 24.0 Å². The number of hydrogen-bond donors (Lipinski definition) is 1. The molecule has 2 aliphatic rings. The summed E-state index contributed by atoms with van der Waals surface area (Å²) in [7, 11) is 0. The molecule has 1 N–H and O–H groups in total. The second kappa shape index (κ2) is 6.26. The molecule has 0 saturated carbocycles. The molecule has 6 heteroatoms. The summed E-state index contributed by atoms with van der Waals surface area (Å²) < 4.78 is 0. The highest BCUT2D eigenvalue weighted by atomic mass is 35.5. The molecule has 0 bridgehead atoms. The standard InChI is InChI=1S/C16H20ClN3O2/c1-11-10-18-6-8-19(11)15(21)14-5-7-20(16(14)22)13-4-2-3-12(17)9-13/h2-4,9,11,14,18H,5-8,10H2,1H3/t11-,14?/m1/s1. The minimum Gasteiger partial charge on any atom is -0.337 e. The van der Waals surface area contributed by atoms with Crippen molar-refractivity contribution in [3.8, 4) is 0 Å². The molecule has 2 saturated heterocycles. The van der Waals surface area contributed by atoms with Crippen LogP contribution in [0.3, 0.4) is 0 Å². The third-order valence-corrected chi connectivity index (χ3v) is 4.64. The van der Waals surface area contributed by atoms with Crippen molar-refractivity contribution in [2.45, 2.75) is 19.4 Å². The lowest BCUT2D eigenvalue weighted by molar-refractivity contribution is -0.142. The number of nitrogens with zero attached hydrogens (tertiary/aromatic N) is 2. The van der Waals surface area contributed by atoms with Gasteiger partial charge in [0, 0.05) is 42.9 Å². The number of carbonyl (C=O) groups is 2. The lowest BCUT2D eigenvalue weighted by Crippen LogP contribution is -2.54. The third kappa shape index (κ3) is 2.83. The van der Waals surface area contributed by atoms with Crippen molar-refractivity contribution in [3.05, 3.63) is 29.3 Å². The number of carbonyl (C=O) groups excluding carboxylic acids is 2. The Morgan fingerprint density at radius 3 is 2.91 bits per heavy atom. The van der Waals surface area contributed by atoms with Gasteiger partial charge in [-0.25, -0.2) is 0 Å². The molecule has 0 spiro atoms. The van der Waals surface area contributed by atoms with Gasteiger partial charge in [0.1, 0.15) is 5.92 Å². The van der Waals surface area contributed by atoms with Crippen LogP contribution in [-0.4, -0.2) is 48.9 Å². The fourth-order valence-electron chi connectivity index (χ4n) is 3.18. The van der Waals surface area contributed by atoms with E-state index < -0.39 is 5.92 Å². The van der Waals surface area contributed by atoms with Crippen molar-refractivity contribution in [2.75, 3.05) is 31.1 Å². The molecular formula is C16H20ClN3O2. The first-order valence-electron chi connectivity index (χ1n) is 7.66. The highest BCUT2D eigenvalue weighted by molar-refractivity contribution is 6.31. The largest absolute Gasteiger partial charge is 0.337 e. The van der Waals surface area contributed by atoms with Crippen LogP contribution in [0, 0.1) is 5.92 Å². The van der Waals surface area contributed by atoms with Crippen molar-refractivity contribution in [1.29, 1.82) is 0 Å². The van der Waals surface area contributed by atoms with E-state index in [1.165, 1.54) is 0 Å². The van der Waals surface area contributed by atoms with Crippen LogP contribution in [0.5, 0.6) is 0 Å². The number of anilines is 1. The minimum atomic E-state index is -0.556. The molecule has 5 nitrogen and oxygen atoms in total. The second-order valence-electron chi connectivity index (χ2n) is 5.90. The molecule has 22 heavy (non-hydrogen) atoms. The summed E-state index contributed by atoms with van der Waals surface area (Å²) in [4.78, 5) is 28.8. The Balaban J connectivity index is 1.74. The van der Waals surface area contributed by atoms with Crippen LogP contribution < -0.4 is 10.2 Å². The summed E-state index contributed by atoms with van der Waals surface area (Å²) in [6, 6.07) is 7.34. The average molecular weight is 322 g/mol. The Labute approximate surface area is 135 Å². The number of amides is 2. The van der Waals surface area contributed by atoms with Gasteiger partial charge < -0.3 is 15.1 Å². The van der Waals surface area contributed by atoms with Crippen LogP contribution in [0.4, 0.5) is 5.69 Å². The number of piperazine rings is 1. The van der Waals surface area contributed by atoms with Crippen LogP contribution in [-0.2, 0) is 9.59 Å². The van der Waals surface area contributed by atoms with Gasteiger partial charge >= 0.3 is 0 Å². The highest BCUT2D eigenvalue weighted by Crippen LogP contribution is 2.28. The quantitative estimate of drug-likeness (QED) is 0.840. The Hall–Kier alpha value is -1.59. The van der Waals surface area contributed by atoms with Crippen molar-refractivity contribution in [3.63, 3.8) is 0 Å². The van der Waals surface area contributed by atoms with Crippen LogP contribution in [0.2, 0.25) is 5.02 Å².